The molecule has 0 radical (unpaired) electrons. The summed E-state index contributed by atoms with van der Waals surface area (Å²) in [5.74, 6) is -1.35. The van der Waals surface area contributed by atoms with Gasteiger partial charge in [-0.2, -0.15) is 5.10 Å². The molecule has 0 saturated heterocycles. The lowest BCUT2D eigenvalue weighted by molar-refractivity contribution is -0.110. The molecular weight excluding hydrogens is 437 g/mol. The van der Waals surface area contributed by atoms with Crippen LogP contribution < -0.4 is 10.7 Å². The van der Waals surface area contributed by atoms with Crippen LogP contribution in [0.15, 0.2) is 47.6 Å². The van der Waals surface area contributed by atoms with Gasteiger partial charge in [-0.3, -0.25) is 9.59 Å². The molecule has 25 heavy (non-hydrogen) atoms. The van der Waals surface area contributed by atoms with Crippen molar-refractivity contribution in [1.82, 2.24) is 5.43 Å². The van der Waals surface area contributed by atoms with Gasteiger partial charge >= 0.3 is 5.97 Å². The first-order valence-electron chi connectivity index (χ1n) is 7.17. The van der Waals surface area contributed by atoms with Crippen LogP contribution in [0.4, 0.5) is 5.69 Å². The van der Waals surface area contributed by atoms with Crippen LogP contribution in [0.3, 0.4) is 0 Å². The molecule has 7 nitrogen and oxygen atoms in total. The molecule has 0 aliphatic carbocycles. The predicted molar refractivity (Wildman–Crippen MR) is 99.6 cm³/mol. The lowest BCUT2D eigenvalue weighted by Crippen LogP contribution is -2.23. The second kappa shape index (κ2) is 7.01. The molecule has 2 aromatic rings. The summed E-state index contributed by atoms with van der Waals surface area (Å²) in [4.78, 5) is 35.6. The number of amides is 2. The van der Waals surface area contributed by atoms with E-state index in [1.807, 2.05) is 12.1 Å². The number of halogens is 1. The number of fused-ring (bicyclic) bond motifs is 1. The number of ether oxygens (including phenoxy) is 1. The molecule has 1 aliphatic rings. The van der Waals surface area contributed by atoms with Gasteiger partial charge in [0.1, 0.15) is 0 Å². The van der Waals surface area contributed by atoms with Crippen molar-refractivity contribution in [1.29, 1.82) is 0 Å². The Labute approximate surface area is 156 Å². The van der Waals surface area contributed by atoms with Gasteiger partial charge in [-0.25, -0.2) is 10.2 Å². The van der Waals surface area contributed by atoms with Crippen molar-refractivity contribution in [3.05, 3.63) is 62.7 Å². The third-order valence-corrected chi connectivity index (χ3v) is 4.21. The van der Waals surface area contributed by atoms with Crippen molar-refractivity contribution in [3.63, 3.8) is 0 Å². The number of hydrazone groups is 1. The number of nitrogens with zero attached hydrogens (tertiary/aromatic N) is 1. The highest BCUT2D eigenvalue weighted by molar-refractivity contribution is 14.1. The lowest BCUT2D eigenvalue weighted by Gasteiger charge is -2.03. The van der Waals surface area contributed by atoms with E-state index in [0.717, 1.165) is 3.57 Å². The SMILES string of the molecule is COC(=O)c1ccc(C(=O)N/N=C2\C(=O)Nc3ccc(I)cc32)cc1. The van der Waals surface area contributed by atoms with Crippen LogP contribution in [0, 0.1) is 3.57 Å². The molecule has 0 spiro atoms. The average molecular weight is 449 g/mol. The largest absolute Gasteiger partial charge is 0.465 e. The summed E-state index contributed by atoms with van der Waals surface area (Å²) in [7, 11) is 1.28. The van der Waals surface area contributed by atoms with Crippen LogP contribution in [-0.2, 0) is 9.53 Å². The van der Waals surface area contributed by atoms with Gasteiger partial charge < -0.3 is 10.1 Å². The fourth-order valence-corrected chi connectivity index (χ4v) is 2.77. The highest BCUT2D eigenvalue weighted by Crippen LogP contribution is 2.25. The third-order valence-electron chi connectivity index (χ3n) is 3.54. The maximum atomic E-state index is 12.2. The number of nitrogens with one attached hydrogen (secondary N) is 2. The molecule has 0 atom stereocenters. The van der Waals surface area contributed by atoms with Crippen LogP contribution in [0.1, 0.15) is 26.3 Å². The molecule has 0 saturated carbocycles. The van der Waals surface area contributed by atoms with E-state index in [9.17, 15) is 14.4 Å². The molecule has 2 amide bonds. The molecular formula is C17H12IN3O4. The zero-order chi connectivity index (χ0) is 18.0. The topological polar surface area (TPSA) is 96.9 Å². The first-order valence-corrected chi connectivity index (χ1v) is 8.25. The van der Waals surface area contributed by atoms with E-state index in [4.69, 9.17) is 0 Å². The summed E-state index contributed by atoms with van der Waals surface area (Å²) in [6.45, 7) is 0. The maximum Gasteiger partial charge on any atom is 0.337 e. The van der Waals surface area contributed by atoms with E-state index in [0.29, 0.717) is 22.4 Å². The van der Waals surface area contributed by atoms with Gasteiger partial charge in [0.15, 0.2) is 5.71 Å². The van der Waals surface area contributed by atoms with E-state index in [1.54, 1.807) is 6.07 Å². The minimum absolute atomic E-state index is 0.146. The van der Waals surface area contributed by atoms with Gasteiger partial charge in [0.25, 0.3) is 11.8 Å². The van der Waals surface area contributed by atoms with Crippen molar-refractivity contribution in [2.45, 2.75) is 0 Å². The van der Waals surface area contributed by atoms with Crippen molar-refractivity contribution in [2.75, 3.05) is 12.4 Å². The second-order valence-electron chi connectivity index (χ2n) is 5.11. The Balaban J connectivity index is 1.78. The Hall–Kier alpha value is -2.75. The molecule has 1 heterocycles. The van der Waals surface area contributed by atoms with Crippen molar-refractivity contribution in [3.8, 4) is 0 Å². The number of rotatable bonds is 3. The van der Waals surface area contributed by atoms with E-state index < -0.39 is 11.9 Å². The van der Waals surface area contributed by atoms with Crippen LogP contribution in [0.5, 0.6) is 0 Å². The van der Waals surface area contributed by atoms with Gasteiger partial charge in [-0.1, -0.05) is 0 Å². The Morgan fingerprint density at radius 1 is 1.12 bits per heavy atom. The molecule has 8 heteroatoms. The maximum absolute atomic E-state index is 12.2. The molecule has 126 valence electrons. The molecule has 0 aromatic heterocycles. The molecule has 1 aliphatic heterocycles. The lowest BCUT2D eigenvalue weighted by atomic mass is 10.1. The standard InChI is InChI=1S/C17H12IN3O4/c1-25-17(24)10-4-2-9(3-5-10)15(22)21-20-14-12-8-11(18)6-7-13(12)19-16(14)23/h2-8H,1H3,(H,21,22)(H,19,20,23). The monoisotopic (exact) mass is 449 g/mol. The van der Waals surface area contributed by atoms with Crippen molar-refractivity contribution < 1.29 is 19.1 Å². The Morgan fingerprint density at radius 3 is 2.48 bits per heavy atom. The Morgan fingerprint density at radius 2 is 1.80 bits per heavy atom. The minimum Gasteiger partial charge on any atom is -0.465 e. The van der Waals surface area contributed by atoms with Crippen LogP contribution in [0.25, 0.3) is 0 Å². The number of methoxy groups -OCH3 is 1. The second-order valence-corrected chi connectivity index (χ2v) is 6.36. The first kappa shape index (κ1) is 17.1. The number of anilines is 1. The summed E-state index contributed by atoms with van der Waals surface area (Å²) < 4.78 is 5.55. The first-order chi connectivity index (χ1) is 12.0. The average Bonchev–Trinajstić information content (AvgIpc) is 2.93. The number of carbonyl (C=O) groups excluding carboxylic acids is 3. The van der Waals surface area contributed by atoms with Crippen molar-refractivity contribution >= 4 is 51.8 Å². The fraction of sp³-hybridized carbons (Fsp3) is 0.0588. The normalized spacial score (nSPS) is 14.0. The molecule has 2 N–H and O–H groups in total. The highest BCUT2D eigenvalue weighted by Gasteiger charge is 2.26. The van der Waals surface area contributed by atoms with Gasteiger partial charge in [0.05, 0.1) is 18.4 Å². The van der Waals surface area contributed by atoms with Gasteiger partial charge in [-0.05, 0) is 65.1 Å². The summed E-state index contributed by atoms with van der Waals surface area (Å²) in [5, 5.41) is 6.64. The Kier molecular flexibility index (Phi) is 4.79. The van der Waals surface area contributed by atoms with E-state index in [2.05, 4.69) is 43.2 Å². The summed E-state index contributed by atoms with van der Waals surface area (Å²) >= 11 is 2.13. The molecule has 0 fully saturated rings. The van der Waals surface area contributed by atoms with Gasteiger partial charge in [-0.15, -0.1) is 0 Å². The summed E-state index contributed by atoms with van der Waals surface area (Å²) in [6.07, 6.45) is 0. The zero-order valence-corrected chi connectivity index (χ0v) is 15.2. The van der Waals surface area contributed by atoms with Gasteiger partial charge in [0.2, 0.25) is 0 Å². The third kappa shape index (κ3) is 3.53. The molecule has 3 rings (SSSR count). The highest BCUT2D eigenvalue weighted by atomic mass is 127. The quantitative estimate of drug-likeness (QED) is 0.427. The predicted octanol–water partition coefficient (Wildman–Crippen LogP) is 2.16. The van der Waals surface area contributed by atoms with Crippen molar-refractivity contribution in [2.24, 2.45) is 5.10 Å². The summed E-state index contributed by atoms with van der Waals surface area (Å²) in [6, 6.07) is 11.4. The summed E-state index contributed by atoms with van der Waals surface area (Å²) in [5.41, 5.74) is 4.44. The smallest absolute Gasteiger partial charge is 0.337 e. The number of benzene rings is 2. The van der Waals surface area contributed by atoms with Gasteiger partial charge in [0, 0.05) is 14.7 Å². The van der Waals surface area contributed by atoms with E-state index >= 15 is 0 Å². The fourth-order valence-electron chi connectivity index (χ4n) is 2.28. The minimum atomic E-state index is -0.490. The van der Waals surface area contributed by atoms with Crippen LogP contribution in [0.2, 0.25) is 0 Å². The van der Waals surface area contributed by atoms with E-state index in [-0.39, 0.29) is 11.6 Å². The Bertz CT molecular complexity index is 907. The zero-order valence-electron chi connectivity index (χ0n) is 13.0. The number of hydrogen-bond donors (Lipinski definition) is 2. The molecule has 0 unspecified atom stereocenters. The number of hydrogen-bond acceptors (Lipinski definition) is 5. The number of esters is 1. The van der Waals surface area contributed by atoms with E-state index in [1.165, 1.54) is 31.4 Å². The molecule has 2 aromatic carbocycles. The molecule has 0 bridgehead atoms. The van der Waals surface area contributed by atoms with Crippen LogP contribution >= 0.6 is 22.6 Å². The van der Waals surface area contributed by atoms with Crippen LogP contribution in [-0.4, -0.2) is 30.6 Å². The number of carbonyl (C=O) groups is 3.